The Morgan fingerprint density at radius 1 is 1.27 bits per heavy atom. The number of nitrogens with two attached hydrogens (primary N) is 1. The second kappa shape index (κ2) is 4.14. The molecule has 82 valence electrons. The normalized spacial score (nSPS) is 16.2. The first-order valence-electron chi connectivity index (χ1n) is 5.05. The molecule has 0 unspecified atom stereocenters. The quantitative estimate of drug-likeness (QED) is 0.836. The predicted octanol–water partition coefficient (Wildman–Crippen LogP) is 2.35. The molecule has 0 radical (unpaired) electrons. The Labute approximate surface area is 87.0 Å². The van der Waals surface area contributed by atoms with Crippen LogP contribution in [0.2, 0.25) is 0 Å². The smallest absolute Gasteiger partial charge is 0.191 e. The average Bonchev–Trinajstić information content (AvgIpc) is 2.13. The van der Waals surface area contributed by atoms with Crippen molar-refractivity contribution in [2.45, 2.75) is 31.9 Å². The summed E-state index contributed by atoms with van der Waals surface area (Å²) in [5, 5.41) is 0. The van der Waals surface area contributed by atoms with Crippen LogP contribution in [0.5, 0.6) is 5.75 Å². The van der Waals surface area contributed by atoms with E-state index in [1.807, 2.05) is 0 Å². The minimum Gasteiger partial charge on any atom is -0.484 e. The van der Waals surface area contributed by atoms with Gasteiger partial charge >= 0.3 is 0 Å². The van der Waals surface area contributed by atoms with Crippen LogP contribution in [0.15, 0.2) is 12.1 Å². The van der Waals surface area contributed by atoms with Crippen LogP contribution >= 0.6 is 0 Å². The lowest BCUT2D eigenvalue weighted by atomic mass is 9.96. The van der Waals surface area contributed by atoms with E-state index >= 15 is 0 Å². The van der Waals surface area contributed by atoms with Crippen LogP contribution in [0.25, 0.3) is 0 Å². The van der Waals surface area contributed by atoms with Crippen LogP contribution < -0.4 is 10.5 Å². The Kier molecular flexibility index (Phi) is 2.86. The third kappa shape index (κ3) is 2.09. The molecule has 0 aromatic heterocycles. The molecule has 4 heteroatoms. The van der Waals surface area contributed by atoms with Crippen molar-refractivity contribution in [2.75, 3.05) is 0 Å². The SMILES string of the molecule is NCc1cc(F)c(OC2CCC2)c(F)c1. The zero-order chi connectivity index (χ0) is 10.8. The molecule has 1 fully saturated rings. The summed E-state index contributed by atoms with van der Waals surface area (Å²) in [6.07, 6.45) is 2.78. The lowest BCUT2D eigenvalue weighted by molar-refractivity contribution is 0.109. The summed E-state index contributed by atoms with van der Waals surface area (Å²) >= 11 is 0. The van der Waals surface area contributed by atoms with Crippen LogP contribution in [0.1, 0.15) is 24.8 Å². The number of hydrogen-bond acceptors (Lipinski definition) is 2. The van der Waals surface area contributed by atoms with E-state index in [9.17, 15) is 8.78 Å². The zero-order valence-corrected chi connectivity index (χ0v) is 8.30. The van der Waals surface area contributed by atoms with Crippen molar-refractivity contribution in [3.05, 3.63) is 29.3 Å². The first kappa shape index (κ1) is 10.4. The molecule has 0 spiro atoms. The molecule has 0 aliphatic heterocycles. The highest BCUT2D eigenvalue weighted by molar-refractivity contribution is 5.31. The van der Waals surface area contributed by atoms with Gasteiger partial charge in [-0.1, -0.05) is 0 Å². The second-order valence-electron chi connectivity index (χ2n) is 3.76. The van der Waals surface area contributed by atoms with Crippen molar-refractivity contribution >= 4 is 0 Å². The Morgan fingerprint density at radius 3 is 2.27 bits per heavy atom. The van der Waals surface area contributed by atoms with Gasteiger partial charge in [0.2, 0.25) is 0 Å². The van der Waals surface area contributed by atoms with Crippen molar-refractivity contribution in [3.8, 4) is 5.75 Å². The molecule has 1 aromatic rings. The molecule has 0 heterocycles. The van der Waals surface area contributed by atoms with E-state index in [1.165, 1.54) is 12.1 Å². The fourth-order valence-electron chi connectivity index (χ4n) is 1.50. The minimum atomic E-state index is -0.664. The van der Waals surface area contributed by atoms with E-state index in [1.54, 1.807) is 0 Å². The molecule has 2 rings (SSSR count). The summed E-state index contributed by atoms with van der Waals surface area (Å²) in [7, 11) is 0. The van der Waals surface area contributed by atoms with Crippen molar-refractivity contribution in [3.63, 3.8) is 0 Å². The van der Waals surface area contributed by atoms with Gasteiger partial charge in [-0.25, -0.2) is 8.78 Å². The van der Waals surface area contributed by atoms with E-state index in [0.29, 0.717) is 5.56 Å². The maximum absolute atomic E-state index is 13.4. The topological polar surface area (TPSA) is 35.2 Å². The number of rotatable bonds is 3. The van der Waals surface area contributed by atoms with E-state index in [4.69, 9.17) is 10.5 Å². The fourth-order valence-corrected chi connectivity index (χ4v) is 1.50. The lowest BCUT2D eigenvalue weighted by Gasteiger charge is -2.26. The van der Waals surface area contributed by atoms with Crippen LogP contribution in [-0.4, -0.2) is 6.10 Å². The average molecular weight is 213 g/mol. The number of hydrogen-bond donors (Lipinski definition) is 1. The highest BCUT2D eigenvalue weighted by Crippen LogP contribution is 2.29. The third-order valence-electron chi connectivity index (χ3n) is 2.63. The van der Waals surface area contributed by atoms with Crippen LogP contribution in [0.3, 0.4) is 0 Å². The minimum absolute atomic E-state index is 0.0299. The molecular weight excluding hydrogens is 200 g/mol. The molecule has 15 heavy (non-hydrogen) atoms. The van der Waals surface area contributed by atoms with Gasteiger partial charge in [0, 0.05) is 6.54 Å². The maximum atomic E-state index is 13.4. The molecule has 2 nitrogen and oxygen atoms in total. The van der Waals surface area contributed by atoms with Crippen LogP contribution in [0.4, 0.5) is 8.78 Å². The molecule has 1 aliphatic rings. The zero-order valence-electron chi connectivity index (χ0n) is 8.30. The van der Waals surface area contributed by atoms with Gasteiger partial charge in [0.25, 0.3) is 0 Å². The van der Waals surface area contributed by atoms with Crippen molar-refractivity contribution in [1.82, 2.24) is 0 Å². The largest absolute Gasteiger partial charge is 0.484 e. The Bertz CT molecular complexity index is 341. The Balaban J connectivity index is 2.21. The van der Waals surface area contributed by atoms with Crippen molar-refractivity contribution in [2.24, 2.45) is 5.73 Å². The van der Waals surface area contributed by atoms with Gasteiger partial charge in [-0.05, 0) is 37.0 Å². The standard InChI is InChI=1S/C11H13F2NO/c12-9-4-7(6-14)5-10(13)11(9)15-8-2-1-3-8/h4-5,8H,1-3,6,14H2. The van der Waals surface area contributed by atoms with E-state index < -0.39 is 11.6 Å². The van der Waals surface area contributed by atoms with Crippen molar-refractivity contribution < 1.29 is 13.5 Å². The Morgan fingerprint density at radius 2 is 1.87 bits per heavy atom. The number of benzene rings is 1. The maximum Gasteiger partial charge on any atom is 0.191 e. The molecule has 1 aromatic carbocycles. The van der Waals surface area contributed by atoms with Gasteiger partial charge in [0.05, 0.1) is 6.10 Å². The van der Waals surface area contributed by atoms with Gasteiger partial charge in [-0.2, -0.15) is 0 Å². The first-order chi connectivity index (χ1) is 7.20. The summed E-state index contributed by atoms with van der Waals surface area (Å²) in [6, 6.07) is 2.44. The predicted molar refractivity (Wildman–Crippen MR) is 52.5 cm³/mol. The highest BCUT2D eigenvalue weighted by atomic mass is 19.1. The molecule has 0 bridgehead atoms. The molecule has 2 N–H and O–H groups in total. The highest BCUT2D eigenvalue weighted by Gasteiger charge is 2.22. The first-order valence-corrected chi connectivity index (χ1v) is 5.05. The van der Waals surface area contributed by atoms with Crippen LogP contribution in [-0.2, 0) is 6.54 Å². The monoisotopic (exact) mass is 213 g/mol. The van der Waals surface area contributed by atoms with Gasteiger partial charge < -0.3 is 10.5 Å². The van der Waals surface area contributed by atoms with Gasteiger partial charge in [-0.3, -0.25) is 0 Å². The van der Waals surface area contributed by atoms with Crippen molar-refractivity contribution in [1.29, 1.82) is 0 Å². The Hall–Kier alpha value is -1.16. The molecule has 0 saturated heterocycles. The summed E-state index contributed by atoms with van der Waals surface area (Å²) in [5.41, 5.74) is 5.74. The summed E-state index contributed by atoms with van der Waals surface area (Å²) in [4.78, 5) is 0. The molecule has 0 atom stereocenters. The lowest BCUT2D eigenvalue weighted by Crippen LogP contribution is -2.25. The van der Waals surface area contributed by atoms with Gasteiger partial charge in [0.15, 0.2) is 17.4 Å². The molecule has 0 amide bonds. The molecule has 1 aliphatic carbocycles. The van der Waals surface area contributed by atoms with E-state index in [2.05, 4.69) is 0 Å². The second-order valence-corrected chi connectivity index (χ2v) is 3.76. The number of halogens is 2. The van der Waals surface area contributed by atoms with E-state index in [-0.39, 0.29) is 18.4 Å². The number of ether oxygens (including phenoxy) is 1. The van der Waals surface area contributed by atoms with E-state index in [0.717, 1.165) is 19.3 Å². The fraction of sp³-hybridized carbons (Fsp3) is 0.455. The summed E-state index contributed by atoms with van der Waals surface area (Å²) in [6.45, 7) is 0.123. The molecular formula is C11H13F2NO. The summed E-state index contributed by atoms with van der Waals surface area (Å²) in [5.74, 6) is -1.60. The molecule has 1 saturated carbocycles. The summed E-state index contributed by atoms with van der Waals surface area (Å²) < 4.78 is 32.0. The van der Waals surface area contributed by atoms with Gasteiger partial charge in [0.1, 0.15) is 0 Å². The van der Waals surface area contributed by atoms with Gasteiger partial charge in [-0.15, -0.1) is 0 Å². The third-order valence-corrected chi connectivity index (χ3v) is 2.63. The van der Waals surface area contributed by atoms with Crippen LogP contribution in [0, 0.1) is 11.6 Å².